The molecule has 0 radical (unpaired) electrons. The SMILES string of the molecule is c1ccc(-c2nc(-c3ccccc3)nc(-c3cccc(-n4c5c(c6cc(N(c7ccccc7)c7ccccc7-c7ccccc7)ccc64)C4(c6ccccc6-c6ccccc64)c4ccccc4-5)c3)n2)cc1. The van der Waals surface area contributed by atoms with E-state index in [4.69, 9.17) is 15.0 Å². The molecule has 2 aromatic heterocycles. The van der Waals surface area contributed by atoms with Crippen LogP contribution in [0.25, 0.3) is 84.3 Å². The molecule has 12 aromatic rings. The second-order valence-corrected chi connectivity index (χ2v) is 18.3. The smallest absolute Gasteiger partial charge is 0.164 e. The Balaban J connectivity index is 1.06. The van der Waals surface area contributed by atoms with Crippen LogP contribution in [0, 0.1) is 0 Å². The molecule has 0 saturated carbocycles. The van der Waals surface area contributed by atoms with Crippen LogP contribution in [0.2, 0.25) is 0 Å². The van der Waals surface area contributed by atoms with Gasteiger partial charge in [-0.1, -0.05) is 212 Å². The van der Waals surface area contributed by atoms with E-state index in [9.17, 15) is 0 Å². The Morgan fingerprint density at radius 2 is 0.803 bits per heavy atom. The number of aromatic nitrogens is 4. The highest BCUT2D eigenvalue weighted by molar-refractivity contribution is 6.06. The van der Waals surface area contributed by atoms with Crippen molar-refractivity contribution in [2.45, 2.75) is 5.41 Å². The number of anilines is 3. The zero-order chi connectivity index (χ0) is 46.9. The Labute approximate surface area is 412 Å². The number of nitrogens with zero attached hydrogens (tertiary/aromatic N) is 5. The van der Waals surface area contributed by atoms with Gasteiger partial charge < -0.3 is 9.47 Å². The van der Waals surface area contributed by atoms with Gasteiger partial charge >= 0.3 is 0 Å². The second-order valence-electron chi connectivity index (χ2n) is 18.3. The van der Waals surface area contributed by atoms with Crippen molar-refractivity contribution in [1.82, 2.24) is 19.5 Å². The van der Waals surface area contributed by atoms with Gasteiger partial charge in [-0.05, 0) is 81.9 Å². The molecule has 5 heteroatoms. The first kappa shape index (κ1) is 40.6. The quantitative estimate of drug-likeness (QED) is 0.152. The fourth-order valence-corrected chi connectivity index (χ4v) is 11.5. The molecule has 5 nitrogen and oxygen atoms in total. The summed E-state index contributed by atoms with van der Waals surface area (Å²) in [6.07, 6.45) is 0. The summed E-state index contributed by atoms with van der Waals surface area (Å²) in [6.45, 7) is 0. The molecule has 2 aliphatic carbocycles. The van der Waals surface area contributed by atoms with Crippen LogP contribution in [0.1, 0.15) is 22.3 Å². The molecule has 10 aromatic carbocycles. The van der Waals surface area contributed by atoms with Gasteiger partial charge in [-0.2, -0.15) is 0 Å². The average Bonchev–Trinajstić information content (AvgIpc) is 4.08. The lowest BCUT2D eigenvalue weighted by Crippen LogP contribution is -2.25. The monoisotopic (exact) mass is 905 g/mol. The van der Waals surface area contributed by atoms with E-state index in [0.717, 1.165) is 56.1 Å². The fourth-order valence-electron chi connectivity index (χ4n) is 11.5. The van der Waals surface area contributed by atoms with Gasteiger partial charge in [-0.15, -0.1) is 0 Å². The van der Waals surface area contributed by atoms with Gasteiger partial charge in [0.15, 0.2) is 17.5 Å². The van der Waals surface area contributed by atoms with Crippen molar-refractivity contribution in [3.63, 3.8) is 0 Å². The molecule has 0 atom stereocenters. The first-order chi connectivity index (χ1) is 35.2. The maximum Gasteiger partial charge on any atom is 0.164 e. The molecule has 0 unspecified atom stereocenters. The highest BCUT2D eigenvalue weighted by Gasteiger charge is 2.54. The maximum absolute atomic E-state index is 5.18. The van der Waals surface area contributed by atoms with Crippen molar-refractivity contribution in [3.8, 4) is 73.4 Å². The summed E-state index contributed by atoms with van der Waals surface area (Å²) in [7, 11) is 0. The molecule has 2 heterocycles. The number of hydrogen-bond donors (Lipinski definition) is 0. The molecule has 0 saturated heterocycles. The van der Waals surface area contributed by atoms with Crippen LogP contribution < -0.4 is 4.90 Å². The molecule has 0 amide bonds. The van der Waals surface area contributed by atoms with E-state index in [1.54, 1.807) is 0 Å². The van der Waals surface area contributed by atoms with Crippen LogP contribution in [-0.2, 0) is 5.41 Å². The minimum Gasteiger partial charge on any atom is -0.310 e. The van der Waals surface area contributed by atoms with E-state index in [2.05, 4.69) is 234 Å². The standard InChI is InChI=1S/C66H43N5/c1-5-22-44(23-6-1)51-32-16-20-39-59(51)70(48-29-11-4-12-30-48)50-40-41-60-55(43-50)61-62(54-35-15-19-38-58(54)66(61)56-36-17-13-33-52(56)53-34-14-18-37-57(53)66)71(60)49-31-21-28-47(42-49)65-68-63(45-24-7-2-8-25-45)67-64(69-65)46-26-9-3-10-27-46/h1-43H. The third-order valence-electron chi connectivity index (χ3n) is 14.4. The summed E-state index contributed by atoms with van der Waals surface area (Å²) >= 11 is 0. The molecule has 2 aliphatic rings. The van der Waals surface area contributed by atoms with E-state index in [1.807, 2.05) is 36.4 Å². The zero-order valence-electron chi connectivity index (χ0n) is 38.6. The van der Waals surface area contributed by atoms with Crippen molar-refractivity contribution in [3.05, 3.63) is 283 Å². The Kier molecular flexibility index (Phi) is 9.36. The van der Waals surface area contributed by atoms with Crippen LogP contribution in [0.4, 0.5) is 17.1 Å². The summed E-state index contributed by atoms with van der Waals surface area (Å²) in [6, 6.07) is 93.6. The highest BCUT2D eigenvalue weighted by atomic mass is 15.1. The lowest BCUT2D eigenvalue weighted by atomic mass is 9.70. The normalized spacial score (nSPS) is 12.6. The Bertz CT molecular complexity index is 3890. The van der Waals surface area contributed by atoms with E-state index in [1.165, 1.54) is 50.0 Å². The minimum absolute atomic E-state index is 0.595. The molecule has 71 heavy (non-hydrogen) atoms. The van der Waals surface area contributed by atoms with Crippen LogP contribution >= 0.6 is 0 Å². The van der Waals surface area contributed by atoms with E-state index in [0.29, 0.717) is 17.5 Å². The summed E-state index contributed by atoms with van der Waals surface area (Å²) in [5, 5.41) is 1.18. The van der Waals surface area contributed by atoms with E-state index in [-0.39, 0.29) is 0 Å². The molecule has 1 spiro atoms. The van der Waals surface area contributed by atoms with Crippen molar-refractivity contribution >= 4 is 28.0 Å². The summed E-state index contributed by atoms with van der Waals surface area (Å²) in [5.74, 6) is 1.87. The molecule has 332 valence electrons. The Hall–Kier alpha value is -9.45. The second kappa shape index (κ2) is 16.4. The molecule has 14 rings (SSSR count). The van der Waals surface area contributed by atoms with Crippen LogP contribution in [0.5, 0.6) is 0 Å². The summed E-state index contributed by atoms with van der Waals surface area (Å²) in [4.78, 5) is 17.8. The Morgan fingerprint density at radius 3 is 1.41 bits per heavy atom. The lowest BCUT2D eigenvalue weighted by Gasteiger charge is -2.31. The predicted octanol–water partition coefficient (Wildman–Crippen LogP) is 16.3. The van der Waals surface area contributed by atoms with Crippen LogP contribution in [-0.4, -0.2) is 19.5 Å². The van der Waals surface area contributed by atoms with E-state index < -0.39 is 5.41 Å². The van der Waals surface area contributed by atoms with E-state index >= 15 is 0 Å². The van der Waals surface area contributed by atoms with Gasteiger partial charge in [0, 0.05) is 55.8 Å². The fraction of sp³-hybridized carbons (Fsp3) is 0.0152. The molecule has 0 bridgehead atoms. The van der Waals surface area contributed by atoms with Crippen molar-refractivity contribution in [2.75, 3.05) is 4.90 Å². The molecule has 0 N–H and O–H groups in total. The number of fused-ring (bicyclic) bond motifs is 12. The maximum atomic E-state index is 5.18. The van der Waals surface area contributed by atoms with Crippen LogP contribution in [0.3, 0.4) is 0 Å². The van der Waals surface area contributed by atoms with Gasteiger partial charge in [-0.3, -0.25) is 0 Å². The third-order valence-corrected chi connectivity index (χ3v) is 14.4. The van der Waals surface area contributed by atoms with Gasteiger partial charge in [0.1, 0.15) is 0 Å². The van der Waals surface area contributed by atoms with Crippen LogP contribution in [0.15, 0.2) is 261 Å². The van der Waals surface area contributed by atoms with Crippen molar-refractivity contribution in [1.29, 1.82) is 0 Å². The number of hydrogen-bond acceptors (Lipinski definition) is 4. The lowest BCUT2D eigenvalue weighted by molar-refractivity contribution is 0.801. The number of para-hydroxylation sites is 2. The molecular weight excluding hydrogens is 863 g/mol. The van der Waals surface area contributed by atoms with Gasteiger partial charge in [0.25, 0.3) is 0 Å². The van der Waals surface area contributed by atoms with Gasteiger partial charge in [0.2, 0.25) is 0 Å². The van der Waals surface area contributed by atoms with Crippen molar-refractivity contribution < 1.29 is 0 Å². The Morgan fingerprint density at radius 1 is 0.338 bits per heavy atom. The predicted molar refractivity (Wildman–Crippen MR) is 289 cm³/mol. The van der Waals surface area contributed by atoms with Crippen molar-refractivity contribution in [2.24, 2.45) is 0 Å². The summed E-state index contributed by atoms with van der Waals surface area (Å²) < 4.78 is 2.50. The number of benzene rings is 10. The molecule has 0 fully saturated rings. The zero-order valence-corrected chi connectivity index (χ0v) is 38.6. The van der Waals surface area contributed by atoms with Gasteiger partial charge in [-0.25, -0.2) is 15.0 Å². The third kappa shape index (κ3) is 6.30. The minimum atomic E-state index is -0.595. The largest absolute Gasteiger partial charge is 0.310 e. The first-order valence-corrected chi connectivity index (χ1v) is 24.2. The molecular formula is C66H43N5. The average molecular weight is 906 g/mol. The summed E-state index contributed by atoms with van der Waals surface area (Å²) in [5.41, 5.74) is 20.0. The topological polar surface area (TPSA) is 46.8 Å². The first-order valence-electron chi connectivity index (χ1n) is 24.2. The highest BCUT2D eigenvalue weighted by Crippen LogP contribution is 2.65. The number of rotatable bonds is 8. The van der Waals surface area contributed by atoms with Gasteiger partial charge in [0.05, 0.1) is 22.3 Å². The molecule has 0 aliphatic heterocycles.